The molecule has 4 aromatic heterocycles. The number of halogens is 2. The van der Waals surface area contributed by atoms with Crippen LogP contribution in [-0.2, 0) is 24.2 Å². The lowest BCUT2D eigenvalue weighted by Crippen LogP contribution is -2.14. The van der Waals surface area contributed by atoms with Crippen molar-refractivity contribution in [2.75, 3.05) is 5.32 Å². The molecule has 1 amide bonds. The van der Waals surface area contributed by atoms with Gasteiger partial charge in [-0.15, -0.1) is 0 Å². The molecule has 160 valence electrons. The van der Waals surface area contributed by atoms with E-state index in [0.29, 0.717) is 34.6 Å². The van der Waals surface area contributed by atoms with Crippen LogP contribution in [0, 0.1) is 0 Å². The van der Waals surface area contributed by atoms with Crippen molar-refractivity contribution in [3.8, 4) is 16.9 Å². The predicted octanol–water partition coefficient (Wildman–Crippen LogP) is 3.85. The van der Waals surface area contributed by atoms with Crippen LogP contribution >= 0.6 is 0 Å². The summed E-state index contributed by atoms with van der Waals surface area (Å²) in [5, 5.41) is 7.57. The average Bonchev–Trinajstić information content (AvgIpc) is 3.29. The summed E-state index contributed by atoms with van der Waals surface area (Å²) >= 11 is 0. The normalized spacial score (nSPS) is 11.8. The van der Waals surface area contributed by atoms with E-state index in [1.807, 2.05) is 17.7 Å². The van der Waals surface area contributed by atoms with Gasteiger partial charge < -0.3 is 9.88 Å². The van der Waals surface area contributed by atoms with E-state index in [1.54, 1.807) is 42.5 Å². The highest BCUT2D eigenvalue weighted by Crippen LogP contribution is 2.34. The SMILES string of the molecule is CCc1cc(-c2cn(-c3cnn(C)c3)c3cnc(NC(C)=O)cc23)nc(C(C)(F)F)n1. The Morgan fingerprint density at radius 2 is 1.97 bits per heavy atom. The van der Waals surface area contributed by atoms with Crippen LogP contribution in [0.4, 0.5) is 14.6 Å². The van der Waals surface area contributed by atoms with Gasteiger partial charge in [0.15, 0.2) is 5.82 Å². The number of aromatic nitrogens is 6. The van der Waals surface area contributed by atoms with Crippen molar-refractivity contribution < 1.29 is 13.6 Å². The largest absolute Gasteiger partial charge is 0.311 e. The van der Waals surface area contributed by atoms with Gasteiger partial charge in [0.2, 0.25) is 5.91 Å². The second kappa shape index (κ2) is 7.53. The maximum Gasteiger partial charge on any atom is 0.303 e. The molecule has 0 aliphatic heterocycles. The van der Waals surface area contributed by atoms with Crippen molar-refractivity contribution in [1.29, 1.82) is 0 Å². The number of nitrogens with one attached hydrogen (secondary N) is 1. The van der Waals surface area contributed by atoms with Crippen LogP contribution < -0.4 is 5.32 Å². The number of carbonyl (C=O) groups excluding carboxylic acids is 1. The summed E-state index contributed by atoms with van der Waals surface area (Å²) in [5.74, 6) is -3.61. The molecule has 0 saturated carbocycles. The van der Waals surface area contributed by atoms with E-state index in [1.165, 1.54) is 6.92 Å². The lowest BCUT2D eigenvalue weighted by molar-refractivity contribution is -0.114. The van der Waals surface area contributed by atoms with Gasteiger partial charge in [0.25, 0.3) is 0 Å². The number of pyridine rings is 1. The zero-order chi connectivity index (χ0) is 22.3. The first-order chi connectivity index (χ1) is 14.7. The van der Waals surface area contributed by atoms with E-state index in [0.717, 1.165) is 18.1 Å². The summed E-state index contributed by atoms with van der Waals surface area (Å²) in [5.41, 5.74) is 3.00. The maximum atomic E-state index is 14.1. The Kier molecular flexibility index (Phi) is 5.00. The molecule has 1 N–H and O–H groups in total. The molecule has 0 atom stereocenters. The highest BCUT2D eigenvalue weighted by molar-refractivity contribution is 5.99. The quantitative estimate of drug-likeness (QED) is 0.525. The Hall–Kier alpha value is -3.69. The molecule has 10 heteroatoms. The molecule has 0 unspecified atom stereocenters. The minimum absolute atomic E-state index is 0.261. The molecule has 4 heterocycles. The summed E-state index contributed by atoms with van der Waals surface area (Å²) < 4.78 is 31.6. The van der Waals surface area contributed by atoms with Crippen LogP contribution in [-0.4, -0.2) is 35.2 Å². The standard InChI is InChI=1S/C21H21F2N7O/c1-5-13-6-17(28-20(27-13)21(3,22)23)16-11-30(14-8-25-29(4)10-14)18-9-24-19(7-15(16)18)26-12(2)31/h6-11H,5H2,1-4H3,(H,24,26,31). The lowest BCUT2D eigenvalue weighted by atomic mass is 10.1. The van der Waals surface area contributed by atoms with Gasteiger partial charge in [-0.2, -0.15) is 13.9 Å². The van der Waals surface area contributed by atoms with Gasteiger partial charge in [-0.25, -0.2) is 15.0 Å². The summed E-state index contributed by atoms with van der Waals surface area (Å²) in [6.07, 6.45) is 7.43. The molecule has 31 heavy (non-hydrogen) atoms. The van der Waals surface area contributed by atoms with E-state index in [-0.39, 0.29) is 5.91 Å². The average molecular weight is 425 g/mol. The van der Waals surface area contributed by atoms with E-state index in [4.69, 9.17) is 0 Å². The van der Waals surface area contributed by atoms with Crippen molar-refractivity contribution in [3.63, 3.8) is 0 Å². The number of anilines is 1. The van der Waals surface area contributed by atoms with Gasteiger partial charge >= 0.3 is 5.92 Å². The molecular formula is C21H21F2N7O. The maximum absolute atomic E-state index is 14.1. The molecule has 0 fully saturated rings. The Morgan fingerprint density at radius 1 is 1.19 bits per heavy atom. The van der Waals surface area contributed by atoms with E-state index in [2.05, 4.69) is 25.4 Å². The molecule has 0 bridgehead atoms. The van der Waals surface area contributed by atoms with Crippen LogP contribution in [0.1, 0.15) is 32.3 Å². The van der Waals surface area contributed by atoms with Crippen LogP contribution in [0.25, 0.3) is 27.8 Å². The smallest absolute Gasteiger partial charge is 0.303 e. The fourth-order valence-electron chi connectivity index (χ4n) is 3.34. The van der Waals surface area contributed by atoms with Gasteiger partial charge in [-0.1, -0.05) is 6.92 Å². The number of alkyl halides is 2. The molecule has 8 nitrogen and oxygen atoms in total. The second-order valence-electron chi connectivity index (χ2n) is 7.36. The number of fused-ring (bicyclic) bond motifs is 1. The molecule has 4 aromatic rings. The molecule has 0 aromatic carbocycles. The molecular weight excluding hydrogens is 404 g/mol. The zero-order valence-electron chi connectivity index (χ0n) is 17.5. The van der Waals surface area contributed by atoms with Crippen molar-refractivity contribution >= 4 is 22.6 Å². The number of rotatable bonds is 5. The number of aryl methyl sites for hydroxylation is 2. The summed E-state index contributed by atoms with van der Waals surface area (Å²) in [7, 11) is 1.80. The zero-order valence-corrected chi connectivity index (χ0v) is 17.5. The Morgan fingerprint density at radius 3 is 2.58 bits per heavy atom. The number of nitrogens with zero attached hydrogens (tertiary/aromatic N) is 6. The summed E-state index contributed by atoms with van der Waals surface area (Å²) in [4.78, 5) is 24.0. The van der Waals surface area contributed by atoms with Crippen molar-refractivity contribution in [1.82, 2.24) is 29.3 Å². The minimum atomic E-state index is -3.18. The molecule has 0 aliphatic rings. The van der Waals surface area contributed by atoms with E-state index in [9.17, 15) is 13.6 Å². The highest BCUT2D eigenvalue weighted by Gasteiger charge is 2.29. The Labute approximate surface area is 177 Å². The van der Waals surface area contributed by atoms with Gasteiger partial charge in [0, 0.05) is 49.9 Å². The molecule has 0 aliphatic carbocycles. The fraction of sp³-hybridized carbons (Fsp3) is 0.286. The van der Waals surface area contributed by atoms with Crippen LogP contribution in [0.5, 0.6) is 0 Å². The number of amides is 1. The van der Waals surface area contributed by atoms with Gasteiger partial charge in [-0.3, -0.25) is 9.48 Å². The van der Waals surface area contributed by atoms with E-state index < -0.39 is 11.7 Å². The Balaban J connectivity index is 1.99. The summed E-state index contributed by atoms with van der Waals surface area (Å²) in [6.45, 7) is 4.02. The highest BCUT2D eigenvalue weighted by atomic mass is 19.3. The third-order valence-electron chi connectivity index (χ3n) is 4.77. The second-order valence-corrected chi connectivity index (χ2v) is 7.36. The molecule has 4 rings (SSSR count). The number of hydrogen-bond acceptors (Lipinski definition) is 5. The van der Waals surface area contributed by atoms with Crippen molar-refractivity contribution in [3.05, 3.63) is 48.4 Å². The van der Waals surface area contributed by atoms with Gasteiger partial charge in [0.05, 0.1) is 29.3 Å². The van der Waals surface area contributed by atoms with Gasteiger partial charge in [0.1, 0.15) is 5.82 Å². The van der Waals surface area contributed by atoms with Crippen LogP contribution in [0.15, 0.2) is 36.9 Å². The first kappa shape index (κ1) is 20.6. The minimum Gasteiger partial charge on any atom is -0.311 e. The van der Waals surface area contributed by atoms with Gasteiger partial charge in [-0.05, 0) is 18.6 Å². The first-order valence-corrected chi connectivity index (χ1v) is 9.70. The monoisotopic (exact) mass is 425 g/mol. The van der Waals surface area contributed by atoms with Crippen molar-refractivity contribution in [2.45, 2.75) is 33.1 Å². The van der Waals surface area contributed by atoms with Crippen molar-refractivity contribution in [2.24, 2.45) is 7.05 Å². The van der Waals surface area contributed by atoms with E-state index >= 15 is 0 Å². The predicted molar refractivity (Wildman–Crippen MR) is 112 cm³/mol. The number of hydrogen-bond donors (Lipinski definition) is 1. The topological polar surface area (TPSA) is 90.5 Å². The first-order valence-electron chi connectivity index (χ1n) is 9.70. The third-order valence-corrected chi connectivity index (χ3v) is 4.77. The molecule has 0 radical (unpaired) electrons. The molecule has 0 saturated heterocycles. The van der Waals surface area contributed by atoms with Crippen LogP contribution in [0.2, 0.25) is 0 Å². The number of carbonyl (C=O) groups is 1. The third kappa shape index (κ3) is 4.00. The van der Waals surface area contributed by atoms with Crippen LogP contribution in [0.3, 0.4) is 0 Å². The molecule has 0 spiro atoms. The lowest BCUT2D eigenvalue weighted by Gasteiger charge is -2.12. The fourth-order valence-corrected chi connectivity index (χ4v) is 3.34. The Bertz CT molecular complexity index is 1290. The summed E-state index contributed by atoms with van der Waals surface area (Å²) in [6, 6.07) is 3.41.